The number of nitrogens with zero attached hydrogens (tertiary/aromatic N) is 3. The Morgan fingerprint density at radius 1 is 1.21 bits per heavy atom. The number of benzene rings is 2. The quantitative estimate of drug-likeness (QED) is 0.445. The van der Waals surface area contributed by atoms with E-state index in [0.717, 1.165) is 6.07 Å². The molecule has 3 amide bonds. The van der Waals surface area contributed by atoms with Gasteiger partial charge in [0.15, 0.2) is 0 Å². The summed E-state index contributed by atoms with van der Waals surface area (Å²) in [5, 5.41) is 13.5. The summed E-state index contributed by atoms with van der Waals surface area (Å²) in [5.74, 6) is -2.25. The maximum Gasteiger partial charge on any atom is 0.318 e. The van der Waals surface area contributed by atoms with E-state index in [4.69, 9.17) is 23.2 Å². The number of nitrogens with one attached hydrogen (secondary N) is 1. The number of hydrogen-bond acceptors (Lipinski definition) is 3. The Morgan fingerprint density at radius 2 is 1.89 bits per heavy atom. The van der Waals surface area contributed by atoms with Crippen LogP contribution >= 0.6 is 23.2 Å². The van der Waals surface area contributed by atoms with Gasteiger partial charge in [0.05, 0.1) is 17.1 Å². The van der Waals surface area contributed by atoms with Crippen molar-refractivity contribution in [2.75, 3.05) is 27.2 Å². The lowest BCUT2D eigenvalue weighted by molar-refractivity contribution is -0.128. The van der Waals surface area contributed by atoms with E-state index in [1.807, 2.05) is 20.8 Å². The normalized spacial score (nSPS) is 21.2. The van der Waals surface area contributed by atoms with Crippen molar-refractivity contribution in [2.45, 2.75) is 45.1 Å². The van der Waals surface area contributed by atoms with Crippen molar-refractivity contribution in [3.63, 3.8) is 0 Å². The molecule has 1 aliphatic heterocycles. The molecule has 1 fully saturated rings. The van der Waals surface area contributed by atoms with Gasteiger partial charge in [0, 0.05) is 55.7 Å². The Kier molecular flexibility index (Phi) is 8.95. The first-order chi connectivity index (χ1) is 17.7. The number of urea groups is 1. The molecule has 0 aliphatic carbocycles. The maximum atomic E-state index is 15.6. The van der Waals surface area contributed by atoms with Crippen molar-refractivity contribution >= 4 is 35.1 Å². The molecule has 0 radical (unpaired) electrons. The number of amides is 3. The van der Waals surface area contributed by atoms with E-state index in [1.54, 1.807) is 14.1 Å². The zero-order valence-corrected chi connectivity index (χ0v) is 23.6. The minimum atomic E-state index is -1.66. The Morgan fingerprint density at radius 3 is 2.47 bits per heavy atom. The van der Waals surface area contributed by atoms with Gasteiger partial charge in [-0.1, -0.05) is 62.2 Å². The molecule has 1 heterocycles. The molecular formula is C28H32Cl2F2N4O2. The monoisotopic (exact) mass is 564 g/mol. The summed E-state index contributed by atoms with van der Waals surface area (Å²) < 4.78 is 31.2. The highest BCUT2D eigenvalue weighted by atomic mass is 35.5. The van der Waals surface area contributed by atoms with E-state index in [0.29, 0.717) is 6.42 Å². The molecule has 38 heavy (non-hydrogen) atoms. The van der Waals surface area contributed by atoms with E-state index in [1.165, 1.54) is 40.1 Å². The molecule has 0 aromatic heterocycles. The maximum absolute atomic E-state index is 15.6. The molecule has 3 atom stereocenters. The first-order valence-corrected chi connectivity index (χ1v) is 13.0. The number of hydrogen-bond donors (Lipinski definition) is 1. The molecule has 3 unspecified atom stereocenters. The predicted molar refractivity (Wildman–Crippen MR) is 144 cm³/mol. The van der Waals surface area contributed by atoms with Gasteiger partial charge in [-0.25, -0.2) is 13.6 Å². The van der Waals surface area contributed by atoms with E-state index < -0.39 is 35.0 Å². The van der Waals surface area contributed by atoms with Crippen LogP contribution < -0.4 is 5.32 Å². The largest absolute Gasteiger partial charge is 0.349 e. The van der Waals surface area contributed by atoms with Crippen molar-refractivity contribution < 1.29 is 18.4 Å². The van der Waals surface area contributed by atoms with Gasteiger partial charge in [0.2, 0.25) is 5.91 Å². The number of likely N-dealkylation sites (tertiary alicyclic amines) is 1. The minimum Gasteiger partial charge on any atom is -0.349 e. The number of nitriles is 1. The van der Waals surface area contributed by atoms with Gasteiger partial charge in [0.1, 0.15) is 17.0 Å². The molecule has 3 rings (SSSR count). The van der Waals surface area contributed by atoms with Crippen LogP contribution in [0.2, 0.25) is 10.0 Å². The van der Waals surface area contributed by atoms with Crippen molar-refractivity contribution in [2.24, 2.45) is 11.3 Å². The van der Waals surface area contributed by atoms with Gasteiger partial charge in [-0.05, 0) is 30.0 Å². The van der Waals surface area contributed by atoms with Crippen LogP contribution in [0.3, 0.4) is 0 Å². The molecular weight excluding hydrogens is 533 g/mol. The molecule has 6 nitrogen and oxygen atoms in total. The predicted octanol–water partition coefficient (Wildman–Crippen LogP) is 6.33. The van der Waals surface area contributed by atoms with Gasteiger partial charge in [0.25, 0.3) is 0 Å². The van der Waals surface area contributed by atoms with E-state index in [9.17, 15) is 14.9 Å². The summed E-state index contributed by atoms with van der Waals surface area (Å²) >= 11 is 12.2. The first kappa shape index (κ1) is 29.7. The average molecular weight is 565 g/mol. The standard InChI is InChI=1S/C28H32Cl2F2N4O2/c1-27(2,3)14-17-15-36(26(38)34-12-11-23(37)35(4)5)25(19-7-6-8-21(30)24(19)32)28(17,16-33)20-10-9-18(29)13-22(20)31/h6-10,13,17,25H,11-12,14-15H2,1-5H3,(H,34,38). The molecule has 0 saturated carbocycles. The molecule has 0 bridgehead atoms. The highest BCUT2D eigenvalue weighted by molar-refractivity contribution is 6.31. The van der Waals surface area contributed by atoms with Gasteiger partial charge in [-0.3, -0.25) is 4.79 Å². The fraction of sp³-hybridized carbons (Fsp3) is 0.464. The topological polar surface area (TPSA) is 76.4 Å². The molecule has 2 aromatic carbocycles. The Labute approximate surface area is 232 Å². The zero-order valence-electron chi connectivity index (χ0n) is 22.1. The number of halogens is 4. The lowest BCUT2D eigenvalue weighted by Crippen LogP contribution is -2.44. The summed E-state index contributed by atoms with van der Waals surface area (Å²) in [6.45, 7) is 6.04. The summed E-state index contributed by atoms with van der Waals surface area (Å²) in [7, 11) is 3.23. The van der Waals surface area contributed by atoms with Crippen LogP contribution in [0.1, 0.15) is 50.8 Å². The Balaban J connectivity index is 2.22. The van der Waals surface area contributed by atoms with Crippen LogP contribution in [-0.4, -0.2) is 48.9 Å². The second-order valence-electron chi connectivity index (χ2n) is 11.0. The Bertz CT molecular complexity index is 1260. The van der Waals surface area contributed by atoms with Gasteiger partial charge in [-0.2, -0.15) is 5.26 Å². The lowest BCUT2D eigenvalue weighted by atomic mass is 9.63. The zero-order chi connectivity index (χ0) is 28.4. The molecule has 1 aliphatic rings. The summed E-state index contributed by atoms with van der Waals surface area (Å²) in [5.41, 5.74) is -1.94. The smallest absolute Gasteiger partial charge is 0.318 e. The third kappa shape index (κ3) is 5.89. The van der Waals surface area contributed by atoms with E-state index in [-0.39, 0.29) is 52.0 Å². The number of carbonyl (C=O) groups excluding carboxylic acids is 2. The van der Waals surface area contributed by atoms with Gasteiger partial charge < -0.3 is 15.1 Å². The van der Waals surface area contributed by atoms with Gasteiger partial charge >= 0.3 is 6.03 Å². The molecule has 10 heteroatoms. The molecule has 2 aromatic rings. The van der Waals surface area contributed by atoms with Crippen LogP contribution in [0.25, 0.3) is 0 Å². The van der Waals surface area contributed by atoms with Gasteiger partial charge in [-0.15, -0.1) is 0 Å². The number of carbonyl (C=O) groups is 2. The van der Waals surface area contributed by atoms with Crippen molar-refractivity contribution in [3.05, 3.63) is 69.2 Å². The van der Waals surface area contributed by atoms with Crippen LogP contribution in [0, 0.1) is 34.3 Å². The highest BCUT2D eigenvalue weighted by Crippen LogP contribution is 2.56. The molecule has 204 valence electrons. The van der Waals surface area contributed by atoms with Crippen LogP contribution in [0.15, 0.2) is 36.4 Å². The minimum absolute atomic E-state index is 0.00401. The van der Waals surface area contributed by atoms with Crippen molar-refractivity contribution in [1.82, 2.24) is 15.1 Å². The summed E-state index contributed by atoms with van der Waals surface area (Å²) in [4.78, 5) is 28.4. The van der Waals surface area contributed by atoms with E-state index >= 15 is 8.78 Å². The van der Waals surface area contributed by atoms with Crippen molar-refractivity contribution in [1.29, 1.82) is 5.26 Å². The van der Waals surface area contributed by atoms with Crippen molar-refractivity contribution in [3.8, 4) is 6.07 Å². The highest BCUT2D eigenvalue weighted by Gasteiger charge is 2.60. The fourth-order valence-electron chi connectivity index (χ4n) is 5.27. The number of rotatable bonds is 6. The fourth-order valence-corrected chi connectivity index (χ4v) is 5.61. The van der Waals surface area contributed by atoms with Crippen LogP contribution in [0.4, 0.5) is 13.6 Å². The molecule has 1 N–H and O–H groups in total. The lowest BCUT2D eigenvalue weighted by Gasteiger charge is -2.38. The second-order valence-corrected chi connectivity index (χ2v) is 11.9. The van der Waals surface area contributed by atoms with Crippen LogP contribution in [-0.2, 0) is 10.2 Å². The second kappa shape index (κ2) is 11.5. The molecule has 1 saturated heterocycles. The third-order valence-corrected chi connectivity index (χ3v) is 7.40. The van der Waals surface area contributed by atoms with Crippen LogP contribution in [0.5, 0.6) is 0 Å². The SMILES string of the molecule is CN(C)C(=O)CCNC(=O)N1CC(CC(C)(C)C)C(C#N)(c2ccc(Cl)cc2F)C1c1cccc(Cl)c1F. The molecule has 0 spiro atoms. The van der Waals surface area contributed by atoms with E-state index in [2.05, 4.69) is 11.4 Å². The summed E-state index contributed by atoms with van der Waals surface area (Å²) in [6, 6.07) is 8.91. The Hall–Kier alpha value is -2.89. The average Bonchev–Trinajstić information content (AvgIpc) is 3.13. The first-order valence-electron chi connectivity index (χ1n) is 12.3. The third-order valence-electron chi connectivity index (χ3n) is 6.88. The summed E-state index contributed by atoms with van der Waals surface area (Å²) in [6.07, 6.45) is 0.494.